The van der Waals surface area contributed by atoms with Crippen LogP contribution in [0, 0.1) is 22.6 Å². The summed E-state index contributed by atoms with van der Waals surface area (Å²) in [5.41, 5.74) is -1.08. The molecule has 1 amide bonds. The number of para-hydroxylation sites is 1. The number of hydrogen-bond acceptors (Lipinski definition) is 2. The van der Waals surface area contributed by atoms with Crippen molar-refractivity contribution < 1.29 is 9.18 Å². The van der Waals surface area contributed by atoms with Crippen molar-refractivity contribution in [3.05, 3.63) is 30.1 Å². The first kappa shape index (κ1) is 11.2. The van der Waals surface area contributed by atoms with Gasteiger partial charge in [-0.1, -0.05) is 12.1 Å². The van der Waals surface area contributed by atoms with Crippen LogP contribution in [0.1, 0.15) is 13.8 Å². The van der Waals surface area contributed by atoms with Gasteiger partial charge in [0, 0.05) is 0 Å². The third-order valence-corrected chi connectivity index (χ3v) is 1.97. The average molecular weight is 206 g/mol. The fourth-order valence-electron chi connectivity index (χ4n) is 0.892. The van der Waals surface area contributed by atoms with E-state index in [-0.39, 0.29) is 5.69 Å². The molecule has 4 heteroatoms. The molecule has 0 aliphatic heterocycles. The summed E-state index contributed by atoms with van der Waals surface area (Å²) in [7, 11) is 0. The fourth-order valence-corrected chi connectivity index (χ4v) is 0.892. The van der Waals surface area contributed by atoms with E-state index in [1.54, 1.807) is 6.07 Å². The van der Waals surface area contributed by atoms with Crippen molar-refractivity contribution in [2.75, 3.05) is 5.32 Å². The molecule has 1 aromatic rings. The molecule has 0 heterocycles. The van der Waals surface area contributed by atoms with Crippen LogP contribution in [0.5, 0.6) is 0 Å². The number of hydrogen-bond donors (Lipinski definition) is 1. The number of nitriles is 1. The number of carbonyl (C=O) groups is 1. The molecule has 0 aromatic heterocycles. The van der Waals surface area contributed by atoms with Gasteiger partial charge in [0.25, 0.3) is 0 Å². The van der Waals surface area contributed by atoms with Crippen molar-refractivity contribution in [2.24, 2.45) is 5.41 Å². The molecule has 0 fully saturated rings. The average Bonchev–Trinajstić information content (AvgIpc) is 2.21. The minimum atomic E-state index is -1.16. The molecule has 0 saturated carbocycles. The largest absolute Gasteiger partial charge is 0.322 e. The number of amides is 1. The van der Waals surface area contributed by atoms with E-state index in [1.165, 1.54) is 32.0 Å². The zero-order valence-electron chi connectivity index (χ0n) is 8.54. The zero-order valence-corrected chi connectivity index (χ0v) is 8.54. The Morgan fingerprint density at radius 3 is 2.60 bits per heavy atom. The Morgan fingerprint density at radius 2 is 2.07 bits per heavy atom. The van der Waals surface area contributed by atoms with E-state index in [1.807, 2.05) is 6.07 Å². The molecule has 1 N–H and O–H groups in total. The molecule has 0 aliphatic rings. The Kier molecular flexibility index (Phi) is 3.05. The van der Waals surface area contributed by atoms with Gasteiger partial charge < -0.3 is 5.32 Å². The molecule has 15 heavy (non-hydrogen) atoms. The molecule has 0 atom stereocenters. The van der Waals surface area contributed by atoms with Crippen LogP contribution in [-0.2, 0) is 4.79 Å². The molecule has 0 saturated heterocycles. The van der Waals surface area contributed by atoms with E-state index in [0.717, 1.165) is 0 Å². The summed E-state index contributed by atoms with van der Waals surface area (Å²) in [6.45, 7) is 2.95. The molecule has 1 aromatic carbocycles. The lowest BCUT2D eigenvalue weighted by molar-refractivity contribution is -0.121. The standard InChI is InChI=1S/C11H11FN2O/c1-11(2,7-13)10(15)14-9-6-4-3-5-8(9)12/h3-6H,1-2H3,(H,14,15). The van der Waals surface area contributed by atoms with Crippen molar-refractivity contribution >= 4 is 11.6 Å². The van der Waals surface area contributed by atoms with Crippen LogP contribution in [0.4, 0.5) is 10.1 Å². The first-order chi connectivity index (χ1) is 6.97. The van der Waals surface area contributed by atoms with Crippen molar-refractivity contribution in [3.63, 3.8) is 0 Å². The lowest BCUT2D eigenvalue weighted by Crippen LogP contribution is -2.29. The maximum absolute atomic E-state index is 13.1. The van der Waals surface area contributed by atoms with Crippen LogP contribution >= 0.6 is 0 Å². The minimum absolute atomic E-state index is 0.0887. The summed E-state index contributed by atoms with van der Waals surface area (Å²) < 4.78 is 13.1. The highest BCUT2D eigenvalue weighted by atomic mass is 19.1. The van der Waals surface area contributed by atoms with Crippen molar-refractivity contribution in [1.29, 1.82) is 5.26 Å². The van der Waals surface area contributed by atoms with Gasteiger partial charge in [-0.25, -0.2) is 4.39 Å². The van der Waals surface area contributed by atoms with Crippen LogP contribution in [0.3, 0.4) is 0 Å². The Labute approximate surface area is 87.5 Å². The van der Waals surface area contributed by atoms with E-state index in [9.17, 15) is 9.18 Å². The monoisotopic (exact) mass is 206 g/mol. The quantitative estimate of drug-likeness (QED) is 0.807. The number of halogens is 1. The van der Waals surface area contributed by atoms with E-state index in [0.29, 0.717) is 0 Å². The molecule has 0 unspecified atom stereocenters. The molecule has 3 nitrogen and oxygen atoms in total. The second-order valence-electron chi connectivity index (χ2n) is 3.67. The molecule has 0 bridgehead atoms. The lowest BCUT2D eigenvalue weighted by Gasteiger charge is -2.15. The Morgan fingerprint density at radius 1 is 1.47 bits per heavy atom. The van der Waals surface area contributed by atoms with Gasteiger partial charge in [0.05, 0.1) is 11.8 Å². The summed E-state index contributed by atoms with van der Waals surface area (Å²) >= 11 is 0. The van der Waals surface area contributed by atoms with Gasteiger partial charge in [0.15, 0.2) is 0 Å². The number of rotatable bonds is 2. The summed E-state index contributed by atoms with van der Waals surface area (Å²) in [6.07, 6.45) is 0. The maximum atomic E-state index is 13.1. The maximum Gasteiger partial charge on any atom is 0.244 e. The highest BCUT2D eigenvalue weighted by Gasteiger charge is 2.27. The number of anilines is 1. The number of nitrogens with zero attached hydrogens (tertiary/aromatic N) is 1. The molecule has 0 spiro atoms. The highest BCUT2D eigenvalue weighted by Crippen LogP contribution is 2.19. The minimum Gasteiger partial charge on any atom is -0.322 e. The Bertz CT molecular complexity index is 421. The summed E-state index contributed by atoms with van der Waals surface area (Å²) in [5, 5.41) is 11.1. The van der Waals surface area contributed by atoms with E-state index >= 15 is 0 Å². The normalized spacial score (nSPS) is 10.5. The predicted molar refractivity (Wildman–Crippen MR) is 54.4 cm³/mol. The van der Waals surface area contributed by atoms with Crippen LogP contribution in [0.2, 0.25) is 0 Å². The highest BCUT2D eigenvalue weighted by molar-refractivity contribution is 5.96. The van der Waals surface area contributed by atoms with Gasteiger partial charge in [-0.2, -0.15) is 5.26 Å². The second-order valence-corrected chi connectivity index (χ2v) is 3.67. The second kappa shape index (κ2) is 4.09. The van der Waals surface area contributed by atoms with Gasteiger partial charge in [0.1, 0.15) is 11.2 Å². The van der Waals surface area contributed by atoms with Crippen molar-refractivity contribution in [1.82, 2.24) is 0 Å². The summed E-state index contributed by atoms with van der Waals surface area (Å²) in [4.78, 5) is 11.5. The molecular formula is C11H11FN2O. The molecule has 78 valence electrons. The van der Waals surface area contributed by atoms with Gasteiger partial charge in [0.2, 0.25) is 5.91 Å². The summed E-state index contributed by atoms with van der Waals surface area (Å²) in [6, 6.07) is 7.67. The Balaban J connectivity index is 2.86. The SMILES string of the molecule is CC(C)(C#N)C(=O)Nc1ccccc1F. The number of carbonyl (C=O) groups excluding carboxylic acids is 1. The third-order valence-electron chi connectivity index (χ3n) is 1.97. The first-order valence-electron chi connectivity index (χ1n) is 4.44. The van der Waals surface area contributed by atoms with Gasteiger partial charge in [-0.15, -0.1) is 0 Å². The smallest absolute Gasteiger partial charge is 0.244 e. The molecule has 1 rings (SSSR count). The number of benzene rings is 1. The van der Waals surface area contributed by atoms with Gasteiger partial charge in [-0.05, 0) is 26.0 Å². The van der Waals surface area contributed by atoms with Gasteiger partial charge >= 0.3 is 0 Å². The zero-order chi connectivity index (χ0) is 11.5. The van der Waals surface area contributed by atoms with Gasteiger partial charge in [-0.3, -0.25) is 4.79 Å². The van der Waals surface area contributed by atoms with Crippen molar-refractivity contribution in [3.8, 4) is 6.07 Å². The Hall–Kier alpha value is -1.89. The van der Waals surface area contributed by atoms with E-state index < -0.39 is 17.1 Å². The van der Waals surface area contributed by atoms with Crippen molar-refractivity contribution in [2.45, 2.75) is 13.8 Å². The summed E-state index contributed by atoms with van der Waals surface area (Å²) in [5.74, 6) is -1.03. The van der Waals surface area contributed by atoms with E-state index in [4.69, 9.17) is 5.26 Å². The topological polar surface area (TPSA) is 52.9 Å². The van der Waals surface area contributed by atoms with Crippen LogP contribution in [-0.4, -0.2) is 5.91 Å². The van der Waals surface area contributed by atoms with E-state index in [2.05, 4.69) is 5.32 Å². The number of nitrogens with one attached hydrogen (secondary N) is 1. The third kappa shape index (κ3) is 2.53. The molecule has 0 aliphatic carbocycles. The van der Waals surface area contributed by atoms with Crippen LogP contribution in [0.15, 0.2) is 24.3 Å². The van der Waals surface area contributed by atoms with Crippen LogP contribution < -0.4 is 5.32 Å². The van der Waals surface area contributed by atoms with Crippen LogP contribution in [0.25, 0.3) is 0 Å². The molecule has 0 radical (unpaired) electrons. The molecular weight excluding hydrogens is 195 g/mol. The first-order valence-corrected chi connectivity index (χ1v) is 4.44. The predicted octanol–water partition coefficient (Wildman–Crippen LogP) is 2.31. The lowest BCUT2D eigenvalue weighted by atomic mass is 9.94. The fraction of sp³-hybridized carbons (Fsp3) is 0.273.